The zero-order valence-electron chi connectivity index (χ0n) is 10.5. The van der Waals surface area contributed by atoms with Crippen LogP contribution >= 0.6 is 0 Å². The average Bonchev–Trinajstić information content (AvgIpc) is 2.34. The summed E-state index contributed by atoms with van der Waals surface area (Å²) in [6.07, 6.45) is 2.56. The third kappa shape index (κ3) is 11.6. The van der Waals surface area contributed by atoms with Gasteiger partial charge < -0.3 is 9.47 Å². The fraction of sp³-hybridized carbons (Fsp3) is 0.800. The fourth-order valence-electron chi connectivity index (χ4n) is 0.739. The fourth-order valence-corrected chi connectivity index (χ4v) is 1.17. The van der Waals surface area contributed by atoms with Gasteiger partial charge in [0.25, 0.3) is 0 Å². The van der Waals surface area contributed by atoms with Crippen LogP contribution in [0.3, 0.4) is 0 Å². The molecule has 0 fully saturated rings. The van der Waals surface area contributed by atoms with E-state index in [0.717, 1.165) is 0 Å². The van der Waals surface area contributed by atoms with E-state index in [1.54, 1.807) is 6.92 Å². The zero-order chi connectivity index (χ0) is 13.7. The highest BCUT2D eigenvalue weighted by atomic mass is 32.3. The highest BCUT2D eigenvalue weighted by molar-refractivity contribution is 7.81. The van der Waals surface area contributed by atoms with Crippen LogP contribution in [0.1, 0.15) is 20.3 Å². The Kier molecular flexibility index (Phi) is 10.7. The van der Waals surface area contributed by atoms with Crippen molar-refractivity contribution in [3.8, 4) is 12.0 Å². The smallest absolute Gasteiger partial charge is 0.379 e. The van der Waals surface area contributed by atoms with E-state index in [-0.39, 0.29) is 13.2 Å². The highest BCUT2D eigenvalue weighted by Crippen LogP contribution is 1.96. The van der Waals surface area contributed by atoms with Gasteiger partial charge in [0.2, 0.25) is 0 Å². The molecule has 0 saturated carbocycles. The monoisotopic (exact) mass is 282 g/mol. The lowest BCUT2D eigenvalue weighted by atomic mass is 10.5. The van der Waals surface area contributed by atoms with E-state index in [1.165, 1.54) is 0 Å². The minimum atomic E-state index is -4.20. The van der Waals surface area contributed by atoms with Crippen molar-refractivity contribution in [2.75, 3.05) is 33.0 Å². The molecule has 7 nitrogen and oxygen atoms in total. The third-order valence-corrected chi connectivity index (χ3v) is 2.13. The lowest BCUT2D eigenvalue weighted by Crippen LogP contribution is -2.15. The molecule has 0 heterocycles. The summed E-state index contributed by atoms with van der Waals surface area (Å²) in [4.78, 5) is 4.11. The van der Waals surface area contributed by atoms with Gasteiger partial charge >= 0.3 is 10.4 Å². The lowest BCUT2D eigenvalue weighted by molar-refractivity contribution is -0.139. The summed E-state index contributed by atoms with van der Waals surface area (Å²) in [6, 6.07) is 0. The van der Waals surface area contributed by atoms with E-state index < -0.39 is 10.4 Å². The molecule has 0 aliphatic rings. The Hall–Kier alpha value is -0.850. The molecule has 18 heavy (non-hydrogen) atoms. The number of ether oxygens (including phenoxy) is 2. The van der Waals surface area contributed by atoms with Crippen LogP contribution in [-0.4, -0.2) is 41.5 Å². The van der Waals surface area contributed by atoms with E-state index in [4.69, 9.17) is 9.47 Å². The molecule has 0 atom stereocenters. The summed E-state index contributed by atoms with van der Waals surface area (Å²) in [5.74, 6) is 2.46. The SMILES string of the molecule is CCC#COOS(=O)(=O)OCCOCCOCC. The molecule has 0 unspecified atom stereocenters. The van der Waals surface area contributed by atoms with E-state index in [2.05, 4.69) is 19.3 Å². The quantitative estimate of drug-likeness (QED) is 0.251. The molecule has 0 saturated heterocycles. The van der Waals surface area contributed by atoms with E-state index in [9.17, 15) is 8.42 Å². The van der Waals surface area contributed by atoms with Gasteiger partial charge in [0.05, 0.1) is 26.4 Å². The first-order valence-electron chi connectivity index (χ1n) is 5.50. The Labute approximate surface area is 108 Å². The molecule has 8 heteroatoms. The highest BCUT2D eigenvalue weighted by Gasteiger charge is 2.13. The molecular formula is C10H18O7S. The molecule has 0 aliphatic heterocycles. The summed E-state index contributed by atoms with van der Waals surface area (Å²) < 4.78 is 40.5. The predicted octanol–water partition coefficient (Wildman–Crippen LogP) is 0.620. The van der Waals surface area contributed by atoms with Crippen LogP contribution in [0.15, 0.2) is 0 Å². The Morgan fingerprint density at radius 3 is 2.33 bits per heavy atom. The van der Waals surface area contributed by atoms with Gasteiger partial charge in [-0.25, -0.2) is 4.18 Å². The minimum absolute atomic E-state index is 0.107. The molecule has 0 radical (unpaired) electrons. The van der Waals surface area contributed by atoms with Crippen LogP contribution in [0, 0.1) is 12.0 Å². The van der Waals surface area contributed by atoms with Crippen molar-refractivity contribution in [2.45, 2.75) is 20.3 Å². The zero-order valence-corrected chi connectivity index (χ0v) is 11.3. The standard InChI is InChI=1S/C10H18O7S/c1-3-5-6-15-17-18(11,12)16-10-9-14-8-7-13-4-2/h3-4,7-10H2,1-2H3. The van der Waals surface area contributed by atoms with E-state index >= 15 is 0 Å². The molecule has 0 N–H and O–H groups in total. The lowest BCUT2D eigenvalue weighted by Gasteiger charge is -2.04. The average molecular weight is 282 g/mol. The van der Waals surface area contributed by atoms with E-state index in [1.807, 2.05) is 13.0 Å². The molecule has 0 amide bonds. The maximum atomic E-state index is 11.0. The Balaban J connectivity index is 3.52. The molecule has 0 spiro atoms. The first-order chi connectivity index (χ1) is 8.62. The summed E-state index contributed by atoms with van der Waals surface area (Å²) in [6.45, 7) is 5.02. The van der Waals surface area contributed by atoms with E-state index in [0.29, 0.717) is 26.2 Å². The summed E-state index contributed by atoms with van der Waals surface area (Å²) >= 11 is 0. The third-order valence-electron chi connectivity index (χ3n) is 1.44. The van der Waals surface area contributed by atoms with Crippen molar-refractivity contribution in [2.24, 2.45) is 0 Å². The second kappa shape index (κ2) is 11.3. The van der Waals surface area contributed by atoms with Gasteiger partial charge in [-0.3, -0.25) is 4.89 Å². The second-order valence-corrected chi connectivity index (χ2v) is 4.01. The Bertz CT molecular complexity index is 341. The van der Waals surface area contributed by atoms with Gasteiger partial charge in [0.15, 0.2) is 6.11 Å². The van der Waals surface area contributed by atoms with Crippen LogP contribution in [0.5, 0.6) is 0 Å². The molecule has 0 aromatic rings. The number of rotatable bonds is 10. The van der Waals surface area contributed by atoms with Crippen molar-refractivity contribution < 1.29 is 31.3 Å². The molecule has 0 rings (SSSR count). The normalized spacial score (nSPS) is 10.8. The van der Waals surface area contributed by atoms with Gasteiger partial charge in [-0.05, 0) is 11.3 Å². The summed E-state index contributed by atoms with van der Waals surface area (Å²) in [5, 5.41) is 0. The van der Waals surface area contributed by atoms with Crippen molar-refractivity contribution in [3.63, 3.8) is 0 Å². The van der Waals surface area contributed by atoms with Gasteiger partial charge in [-0.15, -0.1) is 0 Å². The van der Waals surface area contributed by atoms with Crippen molar-refractivity contribution in [1.29, 1.82) is 0 Å². The van der Waals surface area contributed by atoms with Gasteiger partial charge in [0, 0.05) is 13.0 Å². The van der Waals surface area contributed by atoms with Gasteiger partial charge in [0.1, 0.15) is 0 Å². The van der Waals surface area contributed by atoms with Crippen LogP contribution in [0.2, 0.25) is 0 Å². The van der Waals surface area contributed by atoms with Crippen molar-refractivity contribution in [1.82, 2.24) is 0 Å². The van der Waals surface area contributed by atoms with Crippen LogP contribution in [-0.2, 0) is 33.3 Å². The Morgan fingerprint density at radius 2 is 1.67 bits per heavy atom. The Morgan fingerprint density at radius 1 is 1.00 bits per heavy atom. The second-order valence-electron chi connectivity index (χ2n) is 2.82. The largest absolute Gasteiger partial charge is 0.436 e. The maximum absolute atomic E-state index is 11.0. The molecule has 106 valence electrons. The van der Waals surface area contributed by atoms with Gasteiger partial charge in [-0.2, -0.15) is 8.42 Å². The summed E-state index contributed by atoms with van der Waals surface area (Å²) in [7, 11) is -4.20. The van der Waals surface area contributed by atoms with Crippen LogP contribution in [0.25, 0.3) is 0 Å². The first-order valence-corrected chi connectivity index (χ1v) is 6.83. The molecular weight excluding hydrogens is 264 g/mol. The van der Waals surface area contributed by atoms with Crippen LogP contribution < -0.4 is 0 Å². The first kappa shape index (κ1) is 17.2. The molecule has 0 bridgehead atoms. The predicted molar refractivity (Wildman–Crippen MR) is 62.4 cm³/mol. The topological polar surface area (TPSA) is 80.3 Å². The van der Waals surface area contributed by atoms with Crippen molar-refractivity contribution >= 4 is 10.4 Å². The molecule has 0 aliphatic carbocycles. The molecule has 0 aromatic heterocycles. The van der Waals surface area contributed by atoms with Crippen molar-refractivity contribution in [3.05, 3.63) is 0 Å². The van der Waals surface area contributed by atoms with Gasteiger partial charge in [-0.1, -0.05) is 12.8 Å². The number of hydrogen-bond donors (Lipinski definition) is 0. The maximum Gasteiger partial charge on any atom is 0.436 e. The van der Waals surface area contributed by atoms with Crippen LogP contribution in [0.4, 0.5) is 0 Å². The number of hydrogen-bond acceptors (Lipinski definition) is 7. The molecule has 0 aromatic carbocycles. The minimum Gasteiger partial charge on any atom is -0.379 e. The summed E-state index contributed by atoms with van der Waals surface area (Å²) in [5.41, 5.74) is 0.